The van der Waals surface area contributed by atoms with Crippen LogP contribution in [0.5, 0.6) is 0 Å². The van der Waals surface area contributed by atoms with Gasteiger partial charge < -0.3 is 10.0 Å². The molecule has 1 saturated heterocycles. The van der Waals surface area contributed by atoms with Crippen LogP contribution in [0.3, 0.4) is 0 Å². The predicted octanol–water partition coefficient (Wildman–Crippen LogP) is 2.53. The van der Waals surface area contributed by atoms with Gasteiger partial charge in [-0.25, -0.2) is 4.79 Å². The molecule has 1 aromatic rings. The van der Waals surface area contributed by atoms with Gasteiger partial charge in [-0.1, -0.05) is 13.3 Å². The summed E-state index contributed by atoms with van der Waals surface area (Å²) >= 11 is 0. The zero-order valence-corrected chi connectivity index (χ0v) is 10.7. The van der Waals surface area contributed by atoms with Gasteiger partial charge in [-0.05, 0) is 24.5 Å². The van der Waals surface area contributed by atoms with Crippen molar-refractivity contribution >= 4 is 17.3 Å². The number of rotatable bonds is 4. The summed E-state index contributed by atoms with van der Waals surface area (Å²) in [6.45, 7) is 3.88. The van der Waals surface area contributed by atoms with Crippen molar-refractivity contribution in [1.82, 2.24) is 0 Å². The Morgan fingerprint density at radius 1 is 1.58 bits per heavy atom. The maximum absolute atomic E-state index is 11.1. The second-order valence-corrected chi connectivity index (χ2v) is 4.77. The lowest BCUT2D eigenvalue weighted by Crippen LogP contribution is -2.20. The van der Waals surface area contributed by atoms with Gasteiger partial charge >= 0.3 is 5.97 Å². The molecule has 1 fully saturated rings. The van der Waals surface area contributed by atoms with Crippen LogP contribution in [-0.4, -0.2) is 29.1 Å². The highest BCUT2D eigenvalue weighted by atomic mass is 16.6. The van der Waals surface area contributed by atoms with Gasteiger partial charge in [0.1, 0.15) is 5.56 Å². The van der Waals surface area contributed by atoms with Crippen LogP contribution in [0.2, 0.25) is 0 Å². The number of nitro benzene ring substituents is 1. The van der Waals surface area contributed by atoms with Crippen LogP contribution in [0.1, 0.15) is 30.1 Å². The molecule has 1 atom stereocenters. The summed E-state index contributed by atoms with van der Waals surface area (Å²) in [5.74, 6) is -0.650. The average molecular weight is 264 g/mol. The number of carboxylic acids is 1. The molecule has 0 amide bonds. The number of aromatic carboxylic acids is 1. The van der Waals surface area contributed by atoms with Crippen LogP contribution in [0.4, 0.5) is 11.4 Å². The minimum atomic E-state index is -1.26. The van der Waals surface area contributed by atoms with Gasteiger partial charge in [-0.2, -0.15) is 0 Å². The van der Waals surface area contributed by atoms with Crippen molar-refractivity contribution in [1.29, 1.82) is 0 Å². The molecule has 6 nitrogen and oxygen atoms in total. The van der Waals surface area contributed by atoms with E-state index in [1.165, 1.54) is 12.1 Å². The number of benzene rings is 1. The molecule has 1 N–H and O–H groups in total. The Labute approximate surface area is 110 Å². The minimum absolute atomic E-state index is 0.248. The fourth-order valence-electron chi connectivity index (χ4n) is 2.45. The van der Waals surface area contributed by atoms with E-state index in [2.05, 4.69) is 11.8 Å². The van der Waals surface area contributed by atoms with E-state index in [0.29, 0.717) is 5.92 Å². The molecule has 2 rings (SSSR count). The zero-order chi connectivity index (χ0) is 14.0. The number of nitrogens with zero attached hydrogens (tertiary/aromatic N) is 2. The van der Waals surface area contributed by atoms with Gasteiger partial charge in [-0.3, -0.25) is 10.1 Å². The van der Waals surface area contributed by atoms with Gasteiger partial charge in [0.25, 0.3) is 5.69 Å². The first-order chi connectivity index (χ1) is 9.02. The predicted molar refractivity (Wildman–Crippen MR) is 70.7 cm³/mol. The van der Waals surface area contributed by atoms with Crippen LogP contribution in [0.15, 0.2) is 18.2 Å². The molecule has 0 radical (unpaired) electrons. The maximum Gasteiger partial charge on any atom is 0.342 e. The van der Waals surface area contributed by atoms with Crippen LogP contribution in [0.25, 0.3) is 0 Å². The molecule has 0 aromatic heterocycles. The Morgan fingerprint density at radius 2 is 2.32 bits per heavy atom. The first-order valence-corrected chi connectivity index (χ1v) is 6.29. The molecule has 0 aliphatic carbocycles. The zero-order valence-electron chi connectivity index (χ0n) is 10.7. The fraction of sp³-hybridized carbons (Fsp3) is 0.462. The smallest absolute Gasteiger partial charge is 0.342 e. The first kappa shape index (κ1) is 13.3. The largest absolute Gasteiger partial charge is 0.477 e. The van der Waals surface area contributed by atoms with E-state index in [9.17, 15) is 14.9 Å². The average Bonchev–Trinajstić information content (AvgIpc) is 2.86. The van der Waals surface area contributed by atoms with Crippen molar-refractivity contribution in [2.45, 2.75) is 19.8 Å². The third kappa shape index (κ3) is 2.67. The van der Waals surface area contributed by atoms with E-state index in [4.69, 9.17) is 5.11 Å². The van der Waals surface area contributed by atoms with Gasteiger partial charge in [0, 0.05) is 24.8 Å². The van der Waals surface area contributed by atoms with Crippen molar-refractivity contribution < 1.29 is 14.8 Å². The summed E-state index contributed by atoms with van der Waals surface area (Å²) in [5, 5.41) is 19.8. The molecule has 1 heterocycles. The van der Waals surface area contributed by atoms with Crippen LogP contribution in [-0.2, 0) is 0 Å². The quantitative estimate of drug-likeness (QED) is 0.667. The molecule has 19 heavy (non-hydrogen) atoms. The fourth-order valence-corrected chi connectivity index (χ4v) is 2.45. The van der Waals surface area contributed by atoms with Crippen molar-refractivity contribution in [2.24, 2.45) is 5.92 Å². The maximum atomic E-state index is 11.1. The molecule has 1 unspecified atom stereocenters. The van der Waals surface area contributed by atoms with Crippen molar-refractivity contribution in [3.63, 3.8) is 0 Å². The van der Waals surface area contributed by atoms with Crippen molar-refractivity contribution in [3.05, 3.63) is 33.9 Å². The Hall–Kier alpha value is -2.11. The van der Waals surface area contributed by atoms with E-state index in [-0.39, 0.29) is 11.3 Å². The standard InChI is InChI=1S/C13H16N2O4/c1-2-9-5-6-14(8-9)10-3-4-12(15(18)19)11(7-10)13(16)17/h3-4,7,9H,2,5-6,8H2,1H3,(H,16,17). The first-order valence-electron chi connectivity index (χ1n) is 6.29. The second-order valence-electron chi connectivity index (χ2n) is 4.77. The van der Waals surface area contributed by atoms with Gasteiger partial charge in [0.05, 0.1) is 4.92 Å². The van der Waals surface area contributed by atoms with Crippen LogP contribution >= 0.6 is 0 Å². The summed E-state index contributed by atoms with van der Waals surface area (Å²) in [6, 6.07) is 4.30. The molecule has 0 bridgehead atoms. The third-order valence-electron chi connectivity index (χ3n) is 3.64. The molecular formula is C13H16N2O4. The lowest BCUT2D eigenvalue weighted by molar-refractivity contribution is -0.385. The van der Waals surface area contributed by atoms with E-state index in [1.807, 2.05) is 0 Å². The Kier molecular flexibility index (Phi) is 3.69. The van der Waals surface area contributed by atoms with Crippen LogP contribution in [0, 0.1) is 16.0 Å². The summed E-state index contributed by atoms with van der Waals surface area (Å²) in [7, 11) is 0. The van der Waals surface area contributed by atoms with E-state index in [1.54, 1.807) is 6.07 Å². The summed E-state index contributed by atoms with van der Waals surface area (Å²) in [6.07, 6.45) is 2.17. The topological polar surface area (TPSA) is 83.7 Å². The Balaban J connectivity index is 2.31. The number of nitro groups is 1. The highest BCUT2D eigenvalue weighted by Crippen LogP contribution is 2.29. The van der Waals surface area contributed by atoms with Gasteiger partial charge in [0.15, 0.2) is 0 Å². The number of anilines is 1. The number of hydrogen-bond acceptors (Lipinski definition) is 4. The van der Waals surface area contributed by atoms with Crippen molar-refractivity contribution in [3.8, 4) is 0 Å². The number of carboxylic acid groups (broad SMARTS) is 1. The molecule has 1 aromatic carbocycles. The molecule has 0 spiro atoms. The van der Waals surface area contributed by atoms with E-state index >= 15 is 0 Å². The van der Waals surface area contributed by atoms with Gasteiger partial charge in [-0.15, -0.1) is 0 Å². The highest BCUT2D eigenvalue weighted by molar-refractivity contribution is 5.93. The molecule has 102 valence electrons. The lowest BCUT2D eigenvalue weighted by Gasteiger charge is -2.18. The van der Waals surface area contributed by atoms with Crippen molar-refractivity contribution in [2.75, 3.05) is 18.0 Å². The lowest BCUT2D eigenvalue weighted by atomic mass is 10.1. The van der Waals surface area contributed by atoms with Crippen LogP contribution < -0.4 is 4.90 Å². The van der Waals surface area contributed by atoms with Gasteiger partial charge in [0.2, 0.25) is 0 Å². The molecule has 1 aliphatic heterocycles. The molecular weight excluding hydrogens is 248 g/mol. The summed E-state index contributed by atoms with van der Waals surface area (Å²) < 4.78 is 0. The molecule has 0 saturated carbocycles. The Morgan fingerprint density at radius 3 is 2.84 bits per heavy atom. The number of hydrogen-bond donors (Lipinski definition) is 1. The monoisotopic (exact) mass is 264 g/mol. The summed E-state index contributed by atoms with van der Waals surface area (Å²) in [5.41, 5.74) is 0.142. The third-order valence-corrected chi connectivity index (χ3v) is 3.64. The minimum Gasteiger partial charge on any atom is -0.477 e. The Bertz CT molecular complexity index is 515. The SMILES string of the molecule is CCC1CCN(c2ccc([N+](=O)[O-])c(C(=O)O)c2)C1. The second kappa shape index (κ2) is 5.26. The normalized spacial score (nSPS) is 18.6. The van der Waals surface area contributed by atoms with E-state index < -0.39 is 10.9 Å². The number of carbonyl (C=O) groups is 1. The molecule has 1 aliphatic rings. The summed E-state index contributed by atoms with van der Waals surface area (Å²) in [4.78, 5) is 23.3. The highest BCUT2D eigenvalue weighted by Gasteiger charge is 2.25. The van der Waals surface area contributed by atoms with E-state index in [0.717, 1.165) is 31.6 Å². The molecule has 6 heteroatoms.